The molecule has 9 heteroatoms. The monoisotopic (exact) mass is 329 g/mol. The molecule has 24 heavy (non-hydrogen) atoms. The Kier molecular flexibility index (Phi) is 3.99. The first kappa shape index (κ1) is 14.9. The normalized spacial score (nSPS) is 17.3. The average molecular weight is 329 g/mol. The van der Waals surface area contributed by atoms with Crippen molar-refractivity contribution in [3.8, 4) is 5.88 Å². The Morgan fingerprint density at radius 2 is 2.17 bits per heavy atom. The summed E-state index contributed by atoms with van der Waals surface area (Å²) in [6.07, 6.45) is 6.88. The van der Waals surface area contributed by atoms with E-state index in [9.17, 15) is 0 Å². The number of hydrogen-bond acceptors (Lipinski definition) is 9. The number of ether oxygens (including phenoxy) is 2. The van der Waals surface area contributed by atoms with Gasteiger partial charge < -0.3 is 25.0 Å². The van der Waals surface area contributed by atoms with E-state index < -0.39 is 0 Å². The zero-order valence-electron chi connectivity index (χ0n) is 13.4. The van der Waals surface area contributed by atoms with Crippen molar-refractivity contribution in [2.75, 3.05) is 42.5 Å². The van der Waals surface area contributed by atoms with Gasteiger partial charge in [-0.2, -0.15) is 9.97 Å². The summed E-state index contributed by atoms with van der Waals surface area (Å²) in [6.45, 7) is 2.34. The summed E-state index contributed by atoms with van der Waals surface area (Å²) in [5, 5.41) is 6.47. The van der Waals surface area contributed by atoms with E-state index in [-0.39, 0.29) is 0 Å². The number of anilines is 4. The fourth-order valence-electron chi connectivity index (χ4n) is 3.01. The molecule has 0 saturated carbocycles. The van der Waals surface area contributed by atoms with Gasteiger partial charge in [-0.25, -0.2) is 9.97 Å². The summed E-state index contributed by atoms with van der Waals surface area (Å²) in [4.78, 5) is 19.4. The van der Waals surface area contributed by atoms with Crippen LogP contribution in [0.3, 0.4) is 0 Å². The topological polar surface area (TPSA) is 97.3 Å². The quantitative estimate of drug-likeness (QED) is 0.862. The summed E-state index contributed by atoms with van der Waals surface area (Å²) >= 11 is 0. The largest absolute Gasteiger partial charge is 0.479 e. The molecule has 0 spiro atoms. The number of hydrogen-bond donors (Lipinski definition) is 2. The number of methoxy groups -OCH3 is 1. The summed E-state index contributed by atoms with van der Waals surface area (Å²) < 4.78 is 10.7. The van der Waals surface area contributed by atoms with Crippen LogP contribution in [-0.4, -0.2) is 53.0 Å². The number of rotatable bonds is 4. The first-order chi connectivity index (χ1) is 11.8. The molecule has 2 aliphatic rings. The van der Waals surface area contributed by atoms with Crippen molar-refractivity contribution in [2.24, 2.45) is 0 Å². The molecule has 9 nitrogen and oxygen atoms in total. The molecule has 0 radical (unpaired) electrons. The minimum atomic E-state index is 0.435. The van der Waals surface area contributed by atoms with Gasteiger partial charge in [0.25, 0.3) is 0 Å². The van der Waals surface area contributed by atoms with Crippen molar-refractivity contribution < 1.29 is 9.47 Å². The van der Waals surface area contributed by atoms with Gasteiger partial charge in [0.15, 0.2) is 5.82 Å². The lowest BCUT2D eigenvalue weighted by Gasteiger charge is -2.31. The maximum absolute atomic E-state index is 5.46. The lowest BCUT2D eigenvalue weighted by atomic mass is 10.1. The lowest BCUT2D eigenvalue weighted by molar-refractivity contribution is 0.0849. The van der Waals surface area contributed by atoms with Crippen LogP contribution in [0.1, 0.15) is 12.8 Å². The molecule has 0 amide bonds. The molecule has 0 aliphatic carbocycles. The van der Waals surface area contributed by atoms with Crippen molar-refractivity contribution in [2.45, 2.75) is 18.9 Å². The van der Waals surface area contributed by atoms with Gasteiger partial charge in [0.05, 0.1) is 31.9 Å². The van der Waals surface area contributed by atoms with Gasteiger partial charge in [-0.3, -0.25) is 0 Å². The van der Waals surface area contributed by atoms with E-state index in [2.05, 4.69) is 35.5 Å². The van der Waals surface area contributed by atoms with E-state index in [0.717, 1.165) is 44.2 Å². The van der Waals surface area contributed by atoms with E-state index in [0.29, 0.717) is 23.6 Å². The molecule has 4 heterocycles. The second kappa shape index (κ2) is 6.44. The van der Waals surface area contributed by atoms with Crippen molar-refractivity contribution in [3.63, 3.8) is 0 Å². The van der Waals surface area contributed by atoms with E-state index in [1.54, 1.807) is 19.5 Å². The van der Waals surface area contributed by atoms with Crippen LogP contribution >= 0.6 is 0 Å². The minimum Gasteiger partial charge on any atom is -0.479 e. The molecule has 2 aliphatic heterocycles. The van der Waals surface area contributed by atoms with Gasteiger partial charge in [0, 0.05) is 19.3 Å². The van der Waals surface area contributed by atoms with Crippen molar-refractivity contribution in [1.29, 1.82) is 0 Å². The molecule has 0 atom stereocenters. The fraction of sp³-hybridized carbons (Fsp3) is 0.467. The molecule has 2 aromatic rings. The molecule has 126 valence electrons. The molecular formula is C15H19N7O2. The van der Waals surface area contributed by atoms with Crippen LogP contribution in [0.15, 0.2) is 18.7 Å². The third-order valence-electron chi connectivity index (χ3n) is 4.23. The van der Waals surface area contributed by atoms with Gasteiger partial charge >= 0.3 is 0 Å². The number of aromatic nitrogens is 4. The van der Waals surface area contributed by atoms with Crippen LogP contribution < -0.4 is 20.3 Å². The number of fused-ring (bicyclic) bond motifs is 1. The third-order valence-corrected chi connectivity index (χ3v) is 4.23. The first-order valence-electron chi connectivity index (χ1n) is 7.91. The first-order valence-corrected chi connectivity index (χ1v) is 7.91. The second-order valence-corrected chi connectivity index (χ2v) is 5.65. The van der Waals surface area contributed by atoms with Crippen LogP contribution in [-0.2, 0) is 4.74 Å². The van der Waals surface area contributed by atoms with Gasteiger partial charge in [-0.1, -0.05) is 0 Å². The maximum atomic E-state index is 5.46. The lowest BCUT2D eigenvalue weighted by Crippen LogP contribution is -2.39. The molecule has 0 aromatic carbocycles. The Balaban J connectivity index is 1.58. The Bertz CT molecular complexity index is 721. The number of nitrogens with zero attached hydrogens (tertiary/aromatic N) is 5. The van der Waals surface area contributed by atoms with Gasteiger partial charge in [-0.05, 0) is 12.8 Å². The van der Waals surface area contributed by atoms with Crippen molar-refractivity contribution in [1.82, 2.24) is 19.9 Å². The summed E-state index contributed by atoms with van der Waals surface area (Å²) in [7, 11) is 1.56. The van der Waals surface area contributed by atoms with Crippen LogP contribution in [0.4, 0.5) is 23.1 Å². The molecule has 0 bridgehead atoms. The highest BCUT2D eigenvalue weighted by atomic mass is 16.5. The highest BCUT2D eigenvalue weighted by molar-refractivity contribution is 5.72. The highest BCUT2D eigenvalue weighted by Crippen LogP contribution is 2.34. The smallest absolute Gasteiger partial charge is 0.240 e. The number of nitrogens with one attached hydrogen (secondary N) is 2. The van der Waals surface area contributed by atoms with E-state index >= 15 is 0 Å². The molecule has 2 aromatic heterocycles. The maximum Gasteiger partial charge on any atom is 0.240 e. The highest BCUT2D eigenvalue weighted by Gasteiger charge is 2.29. The second-order valence-electron chi connectivity index (χ2n) is 5.65. The molecule has 1 fully saturated rings. The van der Waals surface area contributed by atoms with Crippen LogP contribution in [0.2, 0.25) is 0 Å². The van der Waals surface area contributed by atoms with E-state index in [4.69, 9.17) is 9.47 Å². The predicted octanol–water partition coefficient (Wildman–Crippen LogP) is 1.39. The van der Waals surface area contributed by atoms with Gasteiger partial charge in [0.2, 0.25) is 11.8 Å². The molecule has 1 saturated heterocycles. The standard InChI is InChI=1S/C15H19N7O2/c1-23-14-12(6-16-8-18-14)20-15-17-7-11-13(21-15)22(9-19-11)10-2-4-24-5-3-10/h6-8,10,19H,2-5,9H2,1H3,(H,17,20,21). The Labute approximate surface area is 139 Å². The van der Waals surface area contributed by atoms with Crippen LogP contribution in [0, 0.1) is 0 Å². The van der Waals surface area contributed by atoms with Crippen molar-refractivity contribution >= 4 is 23.1 Å². The zero-order chi connectivity index (χ0) is 16.4. The molecule has 0 unspecified atom stereocenters. The summed E-state index contributed by atoms with van der Waals surface area (Å²) in [5.41, 5.74) is 1.58. The minimum absolute atomic E-state index is 0.435. The van der Waals surface area contributed by atoms with E-state index in [1.807, 2.05) is 0 Å². The Hall–Kier alpha value is -2.68. The van der Waals surface area contributed by atoms with E-state index in [1.165, 1.54) is 6.33 Å². The third kappa shape index (κ3) is 2.78. The van der Waals surface area contributed by atoms with Crippen LogP contribution in [0.25, 0.3) is 0 Å². The Morgan fingerprint density at radius 3 is 3.00 bits per heavy atom. The van der Waals surface area contributed by atoms with Gasteiger partial charge in [-0.15, -0.1) is 0 Å². The van der Waals surface area contributed by atoms with Crippen LogP contribution in [0.5, 0.6) is 5.88 Å². The predicted molar refractivity (Wildman–Crippen MR) is 88.7 cm³/mol. The van der Waals surface area contributed by atoms with Gasteiger partial charge in [0.1, 0.15) is 12.0 Å². The SMILES string of the molecule is COc1ncncc1Nc1ncc2c(n1)N(C1CCOCC1)CN2. The molecule has 2 N–H and O–H groups in total. The average Bonchev–Trinajstić information content (AvgIpc) is 3.06. The zero-order valence-corrected chi connectivity index (χ0v) is 13.4. The molecular weight excluding hydrogens is 310 g/mol. The van der Waals surface area contributed by atoms with Crippen molar-refractivity contribution in [3.05, 3.63) is 18.7 Å². The molecule has 4 rings (SSSR count). The fourth-order valence-corrected chi connectivity index (χ4v) is 3.01. The summed E-state index contributed by atoms with van der Waals surface area (Å²) in [5.74, 6) is 1.85. The Morgan fingerprint density at radius 1 is 1.29 bits per heavy atom. The summed E-state index contributed by atoms with van der Waals surface area (Å²) in [6, 6.07) is 0.435.